The fraction of sp³-hybridized carbons (Fsp3) is 0.381. The van der Waals surface area contributed by atoms with Gasteiger partial charge in [-0.2, -0.15) is 0 Å². The number of hydrogen-bond donors (Lipinski definition) is 0. The Balaban J connectivity index is 1.99. The van der Waals surface area contributed by atoms with Crippen LogP contribution in [-0.2, 0) is 14.8 Å². The number of rotatable bonds is 8. The van der Waals surface area contributed by atoms with Gasteiger partial charge in [-0.15, -0.1) is 0 Å². The van der Waals surface area contributed by atoms with E-state index in [0.717, 1.165) is 28.1 Å². The fourth-order valence-corrected chi connectivity index (χ4v) is 3.72. The second-order valence-electron chi connectivity index (χ2n) is 7.09. The van der Waals surface area contributed by atoms with Crippen molar-refractivity contribution in [1.29, 1.82) is 0 Å². The van der Waals surface area contributed by atoms with Gasteiger partial charge in [0.25, 0.3) is 0 Å². The van der Waals surface area contributed by atoms with Gasteiger partial charge in [0.15, 0.2) is 0 Å². The summed E-state index contributed by atoms with van der Waals surface area (Å²) in [7, 11) is -1.09. The highest BCUT2D eigenvalue weighted by atomic mass is 32.2. The van der Waals surface area contributed by atoms with Crippen LogP contribution in [0.3, 0.4) is 0 Å². The third-order valence-corrected chi connectivity index (χ3v) is 6.20. The van der Waals surface area contributed by atoms with Gasteiger partial charge in [-0.3, -0.25) is 0 Å². The van der Waals surface area contributed by atoms with Crippen molar-refractivity contribution in [2.24, 2.45) is 0 Å². The van der Waals surface area contributed by atoms with E-state index in [0.29, 0.717) is 11.7 Å². The highest BCUT2D eigenvalue weighted by Gasteiger charge is 2.22. The molecule has 0 aliphatic rings. The van der Waals surface area contributed by atoms with Crippen molar-refractivity contribution in [3.05, 3.63) is 58.9 Å². The minimum atomic E-state index is -3.79. The molecule has 0 aliphatic heterocycles. The van der Waals surface area contributed by atoms with Crippen LogP contribution >= 0.6 is 0 Å². The van der Waals surface area contributed by atoms with E-state index in [9.17, 15) is 17.6 Å². The summed E-state index contributed by atoms with van der Waals surface area (Å²) >= 11 is 0. The lowest BCUT2D eigenvalue weighted by atomic mass is 9.98. The highest BCUT2D eigenvalue weighted by Crippen LogP contribution is 2.23. The predicted octanol–water partition coefficient (Wildman–Crippen LogP) is 3.74. The summed E-state index contributed by atoms with van der Waals surface area (Å²) in [6.07, 6.45) is 0. The zero-order chi connectivity index (χ0) is 21.8. The number of ether oxygens (including phenoxy) is 2. The second-order valence-corrected chi connectivity index (χ2v) is 9.24. The summed E-state index contributed by atoms with van der Waals surface area (Å²) in [5, 5.41) is 0. The normalized spacial score (nSPS) is 11.7. The van der Waals surface area contributed by atoms with Gasteiger partial charge in [0.1, 0.15) is 24.8 Å². The van der Waals surface area contributed by atoms with Gasteiger partial charge in [-0.1, -0.05) is 19.9 Å². The molecule has 0 spiro atoms. The first-order valence-electron chi connectivity index (χ1n) is 9.16. The third-order valence-electron chi connectivity index (χ3n) is 4.38. The van der Waals surface area contributed by atoms with Crippen LogP contribution in [-0.4, -0.2) is 46.0 Å². The van der Waals surface area contributed by atoms with Crippen molar-refractivity contribution < 1.29 is 27.1 Å². The molecule has 0 aliphatic carbocycles. The lowest BCUT2D eigenvalue weighted by molar-refractivity contribution is 0.0445. The number of carbonyl (C=O) groups is 1. The third kappa shape index (κ3) is 5.55. The van der Waals surface area contributed by atoms with Crippen molar-refractivity contribution in [2.45, 2.75) is 31.6 Å². The van der Waals surface area contributed by atoms with Crippen LogP contribution in [0.15, 0.2) is 41.3 Å². The summed E-state index contributed by atoms with van der Waals surface area (Å²) < 4.78 is 49.9. The molecule has 2 aromatic carbocycles. The van der Waals surface area contributed by atoms with E-state index in [1.54, 1.807) is 0 Å². The second kappa shape index (κ2) is 9.37. The van der Waals surface area contributed by atoms with E-state index < -0.39 is 27.4 Å². The number of esters is 1. The minimum absolute atomic E-state index is 0.0868. The number of benzene rings is 2. The maximum Gasteiger partial charge on any atom is 0.341 e. The number of nitrogens with zero attached hydrogens (tertiary/aromatic N) is 1. The van der Waals surface area contributed by atoms with E-state index in [2.05, 4.69) is 13.8 Å². The number of aryl methyl sites for hydroxylation is 1. The monoisotopic (exact) mass is 423 g/mol. The van der Waals surface area contributed by atoms with Gasteiger partial charge in [0.05, 0.1) is 10.5 Å². The van der Waals surface area contributed by atoms with Gasteiger partial charge >= 0.3 is 5.97 Å². The standard InChI is InChI=1S/C21H26FNO5S/c1-14(2)18-8-6-16(12-15(18)3)27-10-11-28-21(24)19-13-17(7-9-20(19)22)29(25,26)23(4)5/h6-9,12-14H,10-11H2,1-5H3. The number of halogens is 1. The molecule has 0 fully saturated rings. The number of hydrogen-bond acceptors (Lipinski definition) is 5. The summed E-state index contributed by atoms with van der Waals surface area (Å²) in [6, 6.07) is 8.76. The molecule has 2 aromatic rings. The Hall–Kier alpha value is -2.45. The van der Waals surface area contributed by atoms with Crippen LogP contribution in [0.5, 0.6) is 5.75 Å². The zero-order valence-electron chi connectivity index (χ0n) is 17.2. The molecule has 0 aromatic heterocycles. The first kappa shape index (κ1) is 22.8. The first-order chi connectivity index (χ1) is 13.5. The van der Waals surface area contributed by atoms with Gasteiger partial charge in [0, 0.05) is 14.1 Å². The van der Waals surface area contributed by atoms with Crippen LogP contribution < -0.4 is 4.74 Å². The summed E-state index contributed by atoms with van der Waals surface area (Å²) in [5.41, 5.74) is 1.90. The Morgan fingerprint density at radius 3 is 2.38 bits per heavy atom. The molecule has 0 bridgehead atoms. The van der Waals surface area contributed by atoms with Crippen LogP contribution in [0, 0.1) is 12.7 Å². The van der Waals surface area contributed by atoms with Crippen LogP contribution in [0.4, 0.5) is 4.39 Å². The minimum Gasteiger partial charge on any atom is -0.490 e. The number of carbonyl (C=O) groups excluding carboxylic acids is 1. The molecule has 0 saturated carbocycles. The molecule has 29 heavy (non-hydrogen) atoms. The van der Waals surface area contributed by atoms with Crippen molar-refractivity contribution in [2.75, 3.05) is 27.3 Å². The summed E-state index contributed by atoms with van der Waals surface area (Å²) in [4.78, 5) is 12.0. The van der Waals surface area contributed by atoms with Crippen LogP contribution in [0.2, 0.25) is 0 Å². The first-order valence-corrected chi connectivity index (χ1v) is 10.6. The summed E-state index contributed by atoms with van der Waals surface area (Å²) in [6.45, 7) is 6.21. The Labute approximate surface area is 171 Å². The molecule has 6 nitrogen and oxygen atoms in total. The Morgan fingerprint density at radius 1 is 1.10 bits per heavy atom. The molecule has 0 N–H and O–H groups in total. The molecule has 0 radical (unpaired) electrons. The largest absolute Gasteiger partial charge is 0.490 e. The van der Waals surface area contributed by atoms with Gasteiger partial charge < -0.3 is 9.47 Å². The maximum absolute atomic E-state index is 14.0. The van der Waals surface area contributed by atoms with Crippen molar-refractivity contribution in [3.8, 4) is 5.75 Å². The molecule has 0 atom stereocenters. The smallest absolute Gasteiger partial charge is 0.341 e. The molecule has 8 heteroatoms. The van der Waals surface area contributed by atoms with E-state index in [4.69, 9.17) is 9.47 Å². The van der Waals surface area contributed by atoms with E-state index in [1.165, 1.54) is 19.7 Å². The molecule has 158 valence electrons. The molecule has 0 amide bonds. The molecule has 0 unspecified atom stereocenters. The predicted molar refractivity (Wildman–Crippen MR) is 108 cm³/mol. The maximum atomic E-state index is 14.0. The van der Waals surface area contributed by atoms with Crippen LogP contribution in [0.25, 0.3) is 0 Å². The van der Waals surface area contributed by atoms with Crippen molar-refractivity contribution in [3.63, 3.8) is 0 Å². The number of sulfonamides is 1. The average molecular weight is 424 g/mol. The molecule has 0 heterocycles. The molecule has 0 saturated heterocycles. The lowest BCUT2D eigenvalue weighted by Crippen LogP contribution is -2.23. The molecular formula is C21H26FNO5S. The van der Waals surface area contributed by atoms with E-state index in [-0.39, 0.29) is 18.1 Å². The van der Waals surface area contributed by atoms with Crippen LogP contribution in [0.1, 0.15) is 41.3 Å². The molecule has 2 rings (SSSR count). The van der Waals surface area contributed by atoms with E-state index >= 15 is 0 Å². The van der Waals surface area contributed by atoms with E-state index in [1.807, 2.05) is 25.1 Å². The van der Waals surface area contributed by atoms with Gasteiger partial charge in [0.2, 0.25) is 10.0 Å². The average Bonchev–Trinajstić information content (AvgIpc) is 2.64. The quantitative estimate of drug-likeness (QED) is 0.478. The van der Waals surface area contributed by atoms with Gasteiger partial charge in [-0.05, 0) is 54.3 Å². The fourth-order valence-electron chi connectivity index (χ4n) is 2.79. The SMILES string of the molecule is Cc1cc(OCCOC(=O)c2cc(S(=O)(=O)N(C)C)ccc2F)ccc1C(C)C. The van der Waals surface area contributed by atoms with Crippen molar-refractivity contribution >= 4 is 16.0 Å². The van der Waals surface area contributed by atoms with Crippen molar-refractivity contribution in [1.82, 2.24) is 4.31 Å². The molecular weight excluding hydrogens is 397 g/mol. The Morgan fingerprint density at radius 2 is 1.79 bits per heavy atom. The Kier molecular flexibility index (Phi) is 7.37. The van der Waals surface area contributed by atoms with Gasteiger partial charge in [-0.25, -0.2) is 21.9 Å². The lowest BCUT2D eigenvalue weighted by Gasteiger charge is -2.13. The summed E-state index contributed by atoms with van der Waals surface area (Å²) in [5.74, 6) is -0.748. The Bertz CT molecular complexity index is 987. The topological polar surface area (TPSA) is 72.9 Å². The highest BCUT2D eigenvalue weighted by molar-refractivity contribution is 7.89. The zero-order valence-corrected chi connectivity index (χ0v) is 18.0.